The number of hydrogen-bond acceptors (Lipinski definition) is 4. The van der Waals surface area contributed by atoms with Crippen LogP contribution in [-0.2, 0) is 9.53 Å². The Kier molecular flexibility index (Phi) is 5.11. The summed E-state index contributed by atoms with van der Waals surface area (Å²) >= 11 is 6.16. The van der Waals surface area contributed by atoms with Crippen molar-refractivity contribution in [2.75, 3.05) is 13.7 Å². The molecule has 0 saturated carbocycles. The maximum Gasteiger partial charge on any atom is 0.305 e. The second-order valence-corrected chi connectivity index (χ2v) is 6.35. The summed E-state index contributed by atoms with van der Waals surface area (Å²) in [6.07, 6.45) is 0.197. The Bertz CT molecular complexity index is 787. The summed E-state index contributed by atoms with van der Waals surface area (Å²) < 4.78 is 11.0. The Morgan fingerprint density at radius 1 is 1.32 bits per heavy atom. The Labute approximate surface area is 149 Å². The summed E-state index contributed by atoms with van der Waals surface area (Å²) in [6.45, 7) is 0.343. The maximum absolute atomic E-state index is 12.8. The number of carboxylic acid groups (broad SMARTS) is 1. The zero-order valence-electron chi connectivity index (χ0n) is 13.6. The summed E-state index contributed by atoms with van der Waals surface area (Å²) in [7, 11) is 1.55. The van der Waals surface area contributed by atoms with E-state index in [4.69, 9.17) is 25.9 Å². The molecule has 1 aliphatic rings. The second kappa shape index (κ2) is 7.29. The number of nitrogens with zero attached hydrogens (tertiary/aromatic N) is 1. The van der Waals surface area contributed by atoms with Crippen LogP contribution in [0.1, 0.15) is 23.4 Å². The number of hydrogen-bond donors (Lipinski definition) is 1. The van der Waals surface area contributed by atoms with Crippen molar-refractivity contribution < 1.29 is 23.8 Å². The van der Waals surface area contributed by atoms with Gasteiger partial charge in [-0.05, 0) is 30.7 Å². The molecule has 0 bridgehead atoms. The Balaban J connectivity index is 1.83. The highest BCUT2D eigenvalue weighted by Gasteiger charge is 2.38. The first-order chi connectivity index (χ1) is 12.0. The molecule has 0 aliphatic carbocycles. The van der Waals surface area contributed by atoms with Gasteiger partial charge in [-0.3, -0.25) is 9.59 Å². The van der Waals surface area contributed by atoms with Crippen LogP contribution in [0.5, 0.6) is 0 Å². The molecule has 1 aromatic heterocycles. The zero-order valence-corrected chi connectivity index (χ0v) is 14.4. The lowest BCUT2D eigenvalue weighted by Crippen LogP contribution is -2.37. The highest BCUT2D eigenvalue weighted by Crippen LogP contribution is 2.31. The molecule has 1 aromatic carbocycles. The quantitative estimate of drug-likeness (QED) is 0.881. The molecule has 1 aliphatic heterocycles. The third kappa shape index (κ3) is 3.70. The number of carbonyl (C=O) groups excluding carboxylic acids is 1. The number of furan rings is 1. The normalized spacial score (nSPS) is 20.0. The zero-order chi connectivity index (χ0) is 18.0. The molecular formula is C18H18ClNO5. The van der Waals surface area contributed by atoms with E-state index in [2.05, 4.69) is 0 Å². The monoisotopic (exact) mass is 363 g/mol. The lowest BCUT2D eigenvalue weighted by Gasteiger charge is -2.21. The minimum atomic E-state index is -0.948. The van der Waals surface area contributed by atoms with E-state index in [0.29, 0.717) is 29.3 Å². The van der Waals surface area contributed by atoms with E-state index in [1.807, 2.05) is 12.1 Å². The van der Waals surface area contributed by atoms with E-state index >= 15 is 0 Å². The summed E-state index contributed by atoms with van der Waals surface area (Å²) in [5.74, 6) is -0.645. The van der Waals surface area contributed by atoms with E-state index in [0.717, 1.165) is 0 Å². The van der Waals surface area contributed by atoms with Crippen molar-refractivity contribution in [3.05, 3.63) is 47.2 Å². The Morgan fingerprint density at radius 3 is 2.76 bits per heavy atom. The summed E-state index contributed by atoms with van der Waals surface area (Å²) in [6, 6.07) is 10.0. The number of aliphatic carboxylic acids is 1. The van der Waals surface area contributed by atoms with E-state index in [1.54, 1.807) is 31.4 Å². The van der Waals surface area contributed by atoms with Gasteiger partial charge in [0.15, 0.2) is 5.76 Å². The molecule has 2 atom stereocenters. The number of likely N-dealkylation sites (tertiary alicyclic amines) is 1. The molecule has 1 amide bonds. The average Bonchev–Trinajstić information content (AvgIpc) is 3.21. The first-order valence-electron chi connectivity index (χ1n) is 7.90. The van der Waals surface area contributed by atoms with Gasteiger partial charge in [-0.2, -0.15) is 0 Å². The molecule has 2 aromatic rings. The van der Waals surface area contributed by atoms with Gasteiger partial charge < -0.3 is 19.2 Å². The van der Waals surface area contributed by atoms with E-state index in [9.17, 15) is 9.59 Å². The molecule has 6 nitrogen and oxygen atoms in total. The molecular weight excluding hydrogens is 346 g/mol. The van der Waals surface area contributed by atoms with Crippen LogP contribution in [0.15, 0.2) is 40.8 Å². The van der Waals surface area contributed by atoms with Gasteiger partial charge >= 0.3 is 5.97 Å². The molecule has 3 rings (SSSR count). The number of methoxy groups -OCH3 is 1. The number of halogens is 1. The SMILES string of the molecule is COC1CC(CC(=O)O)N(C(=O)c2ccc(-c3ccccc3Cl)o2)C1. The first-order valence-corrected chi connectivity index (χ1v) is 8.27. The predicted molar refractivity (Wildman–Crippen MR) is 91.6 cm³/mol. The summed E-state index contributed by atoms with van der Waals surface area (Å²) in [5, 5.41) is 9.60. The molecule has 132 valence electrons. The Hall–Kier alpha value is -2.31. The van der Waals surface area contributed by atoms with Crippen LogP contribution in [0, 0.1) is 0 Å². The van der Waals surface area contributed by atoms with Crippen LogP contribution in [0.25, 0.3) is 11.3 Å². The standard InChI is InChI=1S/C18H18ClNO5/c1-24-12-8-11(9-17(21)22)20(10-12)18(23)16-7-6-15(25-16)13-4-2-3-5-14(13)19/h2-7,11-12H,8-10H2,1H3,(H,21,22). The number of ether oxygens (including phenoxy) is 1. The molecule has 0 radical (unpaired) electrons. The van der Waals surface area contributed by atoms with Crippen molar-refractivity contribution in [2.45, 2.75) is 25.0 Å². The maximum atomic E-state index is 12.8. The fourth-order valence-corrected chi connectivity index (χ4v) is 3.32. The van der Waals surface area contributed by atoms with Crippen LogP contribution in [0.4, 0.5) is 0 Å². The van der Waals surface area contributed by atoms with Crippen molar-refractivity contribution in [3.63, 3.8) is 0 Å². The van der Waals surface area contributed by atoms with Gasteiger partial charge in [-0.15, -0.1) is 0 Å². The second-order valence-electron chi connectivity index (χ2n) is 5.95. The van der Waals surface area contributed by atoms with Crippen LogP contribution in [0.2, 0.25) is 5.02 Å². The largest absolute Gasteiger partial charge is 0.481 e. The molecule has 0 spiro atoms. The smallest absolute Gasteiger partial charge is 0.305 e. The third-order valence-corrected chi connectivity index (χ3v) is 4.67. The first kappa shape index (κ1) is 17.5. The van der Waals surface area contributed by atoms with Gasteiger partial charge in [0.05, 0.1) is 17.5 Å². The molecule has 7 heteroatoms. The fraction of sp³-hybridized carbons (Fsp3) is 0.333. The van der Waals surface area contributed by atoms with Crippen LogP contribution < -0.4 is 0 Å². The topological polar surface area (TPSA) is 80.0 Å². The van der Waals surface area contributed by atoms with Crippen LogP contribution >= 0.6 is 11.6 Å². The number of carbonyl (C=O) groups is 2. The van der Waals surface area contributed by atoms with E-state index in [1.165, 1.54) is 4.90 Å². The third-order valence-electron chi connectivity index (χ3n) is 4.34. The van der Waals surface area contributed by atoms with Gasteiger partial charge in [0.1, 0.15) is 5.76 Å². The number of benzene rings is 1. The molecule has 1 N–H and O–H groups in total. The molecule has 2 unspecified atom stereocenters. The fourth-order valence-electron chi connectivity index (χ4n) is 3.09. The lowest BCUT2D eigenvalue weighted by atomic mass is 10.1. The predicted octanol–water partition coefficient (Wildman–Crippen LogP) is 3.30. The molecule has 1 fully saturated rings. The van der Waals surface area contributed by atoms with Crippen molar-refractivity contribution in [2.24, 2.45) is 0 Å². The van der Waals surface area contributed by atoms with Crippen molar-refractivity contribution in [1.29, 1.82) is 0 Å². The van der Waals surface area contributed by atoms with E-state index in [-0.39, 0.29) is 24.2 Å². The van der Waals surface area contributed by atoms with Crippen molar-refractivity contribution in [3.8, 4) is 11.3 Å². The van der Waals surface area contributed by atoms with Gasteiger partial charge in [0, 0.05) is 25.3 Å². The van der Waals surface area contributed by atoms with Crippen LogP contribution in [-0.4, -0.2) is 47.7 Å². The summed E-state index contributed by atoms with van der Waals surface area (Å²) in [5.41, 5.74) is 0.696. The number of carboxylic acids is 1. The number of rotatable bonds is 5. The Morgan fingerprint density at radius 2 is 2.08 bits per heavy atom. The van der Waals surface area contributed by atoms with Crippen molar-refractivity contribution in [1.82, 2.24) is 4.90 Å². The van der Waals surface area contributed by atoms with E-state index < -0.39 is 12.0 Å². The number of amides is 1. The highest BCUT2D eigenvalue weighted by atomic mass is 35.5. The molecule has 25 heavy (non-hydrogen) atoms. The minimum absolute atomic E-state index is 0.121. The van der Waals surface area contributed by atoms with Gasteiger partial charge in [-0.1, -0.05) is 23.7 Å². The van der Waals surface area contributed by atoms with Gasteiger partial charge in [-0.25, -0.2) is 0 Å². The van der Waals surface area contributed by atoms with Gasteiger partial charge in [0.2, 0.25) is 0 Å². The molecule has 2 heterocycles. The molecule has 1 saturated heterocycles. The van der Waals surface area contributed by atoms with Gasteiger partial charge in [0.25, 0.3) is 5.91 Å². The van der Waals surface area contributed by atoms with Crippen molar-refractivity contribution >= 4 is 23.5 Å². The lowest BCUT2D eigenvalue weighted by molar-refractivity contribution is -0.138. The summed E-state index contributed by atoms with van der Waals surface area (Å²) in [4.78, 5) is 25.4. The average molecular weight is 364 g/mol. The van der Waals surface area contributed by atoms with Crippen LogP contribution in [0.3, 0.4) is 0 Å². The minimum Gasteiger partial charge on any atom is -0.481 e. The highest BCUT2D eigenvalue weighted by molar-refractivity contribution is 6.33.